The van der Waals surface area contributed by atoms with Gasteiger partial charge in [0, 0.05) is 29.9 Å². The van der Waals surface area contributed by atoms with E-state index in [0.717, 1.165) is 28.5 Å². The maximum absolute atomic E-state index is 13.0. The van der Waals surface area contributed by atoms with Crippen molar-refractivity contribution in [2.45, 2.75) is 45.2 Å². The molecule has 152 valence electrons. The lowest BCUT2D eigenvalue weighted by Gasteiger charge is -2.34. The number of hydrogen-bond acceptors (Lipinski definition) is 4. The molecule has 7 nitrogen and oxygen atoms in total. The second-order valence-corrected chi connectivity index (χ2v) is 7.93. The minimum Gasteiger partial charge on any atom is -0.497 e. The van der Waals surface area contributed by atoms with Gasteiger partial charge in [0.15, 0.2) is 0 Å². The highest BCUT2D eigenvalue weighted by atomic mass is 16.5. The van der Waals surface area contributed by atoms with Crippen LogP contribution in [0.5, 0.6) is 5.75 Å². The number of piperazine rings is 1. The molecular weight excluding hydrogens is 370 g/mol. The molecule has 1 aromatic heterocycles. The van der Waals surface area contributed by atoms with Gasteiger partial charge >= 0.3 is 0 Å². The van der Waals surface area contributed by atoms with Gasteiger partial charge < -0.3 is 19.9 Å². The topological polar surface area (TPSA) is 91.5 Å². The molecule has 1 aromatic carbocycles. The van der Waals surface area contributed by atoms with Gasteiger partial charge in [-0.3, -0.25) is 14.4 Å². The number of carbonyl (C=O) groups excluding carboxylic acids is 3. The van der Waals surface area contributed by atoms with Crippen LogP contribution in [0.4, 0.5) is 0 Å². The Labute approximate surface area is 169 Å². The molecule has 0 spiro atoms. The third-order valence-corrected chi connectivity index (χ3v) is 5.64. The quantitative estimate of drug-likeness (QED) is 0.601. The summed E-state index contributed by atoms with van der Waals surface area (Å²) in [6, 6.07) is 4.52. The van der Waals surface area contributed by atoms with E-state index in [1.165, 1.54) is 0 Å². The van der Waals surface area contributed by atoms with Gasteiger partial charge in [-0.2, -0.15) is 0 Å². The van der Waals surface area contributed by atoms with Crippen molar-refractivity contribution in [3.05, 3.63) is 41.1 Å². The number of rotatable bonds is 5. The van der Waals surface area contributed by atoms with Crippen LogP contribution < -0.4 is 10.1 Å². The van der Waals surface area contributed by atoms with E-state index in [0.29, 0.717) is 24.4 Å². The first-order valence-electron chi connectivity index (χ1n) is 9.87. The molecule has 2 aromatic rings. The Kier molecular flexibility index (Phi) is 4.90. The van der Waals surface area contributed by atoms with Gasteiger partial charge in [-0.25, -0.2) is 0 Å². The summed E-state index contributed by atoms with van der Waals surface area (Å²) >= 11 is 0. The summed E-state index contributed by atoms with van der Waals surface area (Å²) in [5, 5.41) is 3.72. The molecule has 0 saturated carbocycles. The zero-order chi connectivity index (χ0) is 20.7. The molecule has 0 bridgehead atoms. The zero-order valence-corrected chi connectivity index (χ0v) is 16.9. The number of H-pyrrole nitrogens is 1. The van der Waals surface area contributed by atoms with Gasteiger partial charge in [-0.15, -0.1) is 0 Å². The Morgan fingerprint density at radius 3 is 2.83 bits per heavy atom. The number of carbonyl (C=O) groups is 3. The first-order valence-corrected chi connectivity index (χ1v) is 9.87. The number of ether oxygens (including phenoxy) is 1. The van der Waals surface area contributed by atoms with Crippen molar-refractivity contribution in [3.63, 3.8) is 0 Å². The van der Waals surface area contributed by atoms with Crippen LogP contribution in [0.3, 0.4) is 0 Å². The fourth-order valence-corrected chi connectivity index (χ4v) is 4.29. The van der Waals surface area contributed by atoms with Gasteiger partial charge in [-0.1, -0.05) is 5.57 Å². The van der Waals surface area contributed by atoms with E-state index in [1.807, 2.05) is 32.0 Å². The molecule has 2 aliphatic rings. The second kappa shape index (κ2) is 7.39. The van der Waals surface area contributed by atoms with Gasteiger partial charge in [-0.05, 0) is 50.5 Å². The number of methoxy groups -OCH3 is 1. The predicted octanol–water partition coefficient (Wildman–Crippen LogP) is 2.36. The molecule has 4 rings (SSSR count). The maximum Gasteiger partial charge on any atom is 0.246 e. The SMILES string of the molecule is COc1ccc2c(C[C@@H]3NC(=O)[C@@H]4CCCN4C3=O)c(C(=O)C=C(C)C)[nH]c2c1. The smallest absolute Gasteiger partial charge is 0.246 e. The van der Waals surface area contributed by atoms with Gasteiger partial charge in [0.25, 0.3) is 0 Å². The van der Waals surface area contributed by atoms with Crippen molar-refractivity contribution in [1.29, 1.82) is 0 Å². The number of nitrogens with zero attached hydrogens (tertiary/aromatic N) is 1. The monoisotopic (exact) mass is 395 g/mol. The van der Waals surface area contributed by atoms with E-state index in [4.69, 9.17) is 4.74 Å². The first-order chi connectivity index (χ1) is 13.9. The molecule has 2 saturated heterocycles. The molecule has 0 radical (unpaired) electrons. The number of nitrogens with one attached hydrogen (secondary N) is 2. The molecule has 7 heteroatoms. The van der Waals surface area contributed by atoms with Crippen LogP contribution in [0, 0.1) is 0 Å². The summed E-state index contributed by atoms with van der Waals surface area (Å²) in [7, 11) is 1.59. The van der Waals surface area contributed by atoms with Crippen molar-refractivity contribution >= 4 is 28.5 Å². The number of amides is 2. The number of allylic oxidation sites excluding steroid dienone is 2. The molecule has 0 aliphatic carbocycles. The van der Waals surface area contributed by atoms with Gasteiger partial charge in [0.1, 0.15) is 17.8 Å². The van der Waals surface area contributed by atoms with Crippen molar-refractivity contribution in [3.8, 4) is 5.75 Å². The van der Waals surface area contributed by atoms with Gasteiger partial charge in [0.2, 0.25) is 17.6 Å². The predicted molar refractivity (Wildman–Crippen MR) is 109 cm³/mol. The van der Waals surface area contributed by atoms with E-state index in [-0.39, 0.29) is 30.1 Å². The molecular formula is C22H25N3O4. The summed E-state index contributed by atoms with van der Waals surface area (Å²) in [6.07, 6.45) is 3.39. The second-order valence-electron chi connectivity index (χ2n) is 7.93. The fraction of sp³-hybridized carbons (Fsp3) is 0.409. The Bertz CT molecular complexity index is 1030. The normalized spacial score (nSPS) is 21.1. The molecule has 2 fully saturated rings. The van der Waals surface area contributed by atoms with Crippen LogP contribution in [0.2, 0.25) is 0 Å². The first kappa shape index (κ1) is 19.2. The summed E-state index contributed by atoms with van der Waals surface area (Å²) < 4.78 is 5.29. The fourth-order valence-electron chi connectivity index (χ4n) is 4.29. The largest absolute Gasteiger partial charge is 0.497 e. The Hall–Kier alpha value is -3.09. The molecule has 2 N–H and O–H groups in total. The summed E-state index contributed by atoms with van der Waals surface area (Å²) in [4.78, 5) is 43.1. The Morgan fingerprint density at radius 2 is 2.10 bits per heavy atom. The lowest BCUT2D eigenvalue weighted by atomic mass is 9.97. The van der Waals surface area contributed by atoms with Crippen molar-refractivity contribution < 1.29 is 19.1 Å². The third-order valence-electron chi connectivity index (χ3n) is 5.64. The lowest BCUT2D eigenvalue weighted by molar-refractivity contribution is -0.146. The number of aromatic amines is 1. The zero-order valence-electron chi connectivity index (χ0n) is 16.9. The number of aromatic nitrogens is 1. The molecule has 3 heterocycles. The van der Waals surface area contributed by atoms with E-state index in [2.05, 4.69) is 10.3 Å². The summed E-state index contributed by atoms with van der Waals surface area (Å²) in [5.41, 5.74) is 2.83. The average molecular weight is 395 g/mol. The maximum atomic E-state index is 13.0. The molecule has 2 aliphatic heterocycles. The molecule has 2 atom stereocenters. The summed E-state index contributed by atoms with van der Waals surface area (Å²) in [5.74, 6) is 0.346. The summed E-state index contributed by atoms with van der Waals surface area (Å²) in [6.45, 7) is 4.34. The Morgan fingerprint density at radius 1 is 1.31 bits per heavy atom. The third kappa shape index (κ3) is 3.41. The molecule has 29 heavy (non-hydrogen) atoms. The van der Waals surface area contributed by atoms with Crippen LogP contribution in [0.1, 0.15) is 42.7 Å². The number of fused-ring (bicyclic) bond motifs is 2. The van der Waals surface area contributed by atoms with E-state index >= 15 is 0 Å². The standard InChI is InChI=1S/C22H25N3O4/c1-12(2)9-19(26)20-15(14-7-6-13(29-3)10-16(14)23-20)11-17-22(28)25-8-4-5-18(25)21(27)24-17/h6-7,9-10,17-18,23H,4-5,8,11H2,1-3H3,(H,24,27)/t17-,18-/m0/s1. The van der Waals surface area contributed by atoms with Crippen molar-refractivity contribution in [2.24, 2.45) is 0 Å². The van der Waals surface area contributed by atoms with E-state index < -0.39 is 6.04 Å². The van der Waals surface area contributed by atoms with Crippen LogP contribution in [-0.4, -0.2) is 53.2 Å². The molecule has 2 amide bonds. The minimum absolute atomic E-state index is 0.0735. The van der Waals surface area contributed by atoms with Crippen molar-refractivity contribution in [2.75, 3.05) is 13.7 Å². The van der Waals surface area contributed by atoms with E-state index in [9.17, 15) is 14.4 Å². The lowest BCUT2D eigenvalue weighted by Crippen LogP contribution is -2.61. The van der Waals surface area contributed by atoms with Crippen molar-refractivity contribution in [1.82, 2.24) is 15.2 Å². The minimum atomic E-state index is -0.670. The number of hydrogen-bond donors (Lipinski definition) is 2. The Balaban J connectivity index is 1.75. The highest BCUT2D eigenvalue weighted by Gasteiger charge is 2.43. The highest BCUT2D eigenvalue weighted by molar-refractivity contribution is 6.09. The van der Waals surface area contributed by atoms with Crippen LogP contribution in [0.15, 0.2) is 29.8 Å². The molecule has 0 unspecified atom stereocenters. The van der Waals surface area contributed by atoms with Crippen LogP contribution in [-0.2, 0) is 16.0 Å². The van der Waals surface area contributed by atoms with Crippen LogP contribution in [0.25, 0.3) is 10.9 Å². The number of ketones is 1. The number of benzene rings is 1. The highest BCUT2D eigenvalue weighted by Crippen LogP contribution is 2.30. The van der Waals surface area contributed by atoms with Crippen LogP contribution >= 0.6 is 0 Å². The average Bonchev–Trinajstić information content (AvgIpc) is 3.30. The van der Waals surface area contributed by atoms with E-state index in [1.54, 1.807) is 18.1 Å². The van der Waals surface area contributed by atoms with Gasteiger partial charge in [0.05, 0.1) is 12.8 Å².